The van der Waals surface area contributed by atoms with Gasteiger partial charge in [-0.05, 0) is 6.92 Å². The summed E-state index contributed by atoms with van der Waals surface area (Å²) in [4.78, 5) is 0. The smallest absolute Gasteiger partial charge is 0.206 e. The van der Waals surface area contributed by atoms with Gasteiger partial charge in [-0.3, -0.25) is 0 Å². The number of aromatic nitrogens is 5. The molecular formula is C7H10N6S. The van der Waals surface area contributed by atoms with E-state index in [1.54, 1.807) is 6.33 Å². The van der Waals surface area contributed by atoms with Gasteiger partial charge in [0.15, 0.2) is 5.82 Å². The number of rotatable bonds is 3. The zero-order valence-electron chi connectivity index (χ0n) is 7.93. The van der Waals surface area contributed by atoms with Crippen molar-refractivity contribution in [3.05, 3.63) is 17.2 Å². The molecule has 2 heterocycles. The van der Waals surface area contributed by atoms with Crippen LogP contribution >= 0.6 is 11.3 Å². The molecular weight excluding hydrogens is 200 g/mol. The number of nitrogens with one attached hydrogen (secondary N) is 1. The lowest BCUT2D eigenvalue weighted by atomic mass is 10.6. The largest absolute Gasteiger partial charge is 0.353 e. The fourth-order valence-corrected chi connectivity index (χ4v) is 1.58. The van der Waals surface area contributed by atoms with Gasteiger partial charge in [-0.1, -0.05) is 11.3 Å². The minimum absolute atomic E-state index is 0.616. The molecule has 0 unspecified atom stereocenters. The van der Waals surface area contributed by atoms with Gasteiger partial charge in [-0.15, -0.1) is 20.4 Å². The van der Waals surface area contributed by atoms with Crippen molar-refractivity contribution in [1.82, 2.24) is 25.0 Å². The Morgan fingerprint density at radius 1 is 1.43 bits per heavy atom. The van der Waals surface area contributed by atoms with E-state index >= 15 is 0 Å². The van der Waals surface area contributed by atoms with Crippen LogP contribution in [0.1, 0.15) is 10.8 Å². The number of nitrogens with zero attached hydrogens (tertiary/aromatic N) is 5. The maximum atomic E-state index is 3.94. The summed E-state index contributed by atoms with van der Waals surface area (Å²) in [5, 5.41) is 20.5. The predicted octanol–water partition coefficient (Wildman–Crippen LogP) is 0.587. The van der Waals surface area contributed by atoms with Crippen molar-refractivity contribution in [2.75, 3.05) is 5.32 Å². The summed E-state index contributed by atoms with van der Waals surface area (Å²) in [6.07, 6.45) is 1.67. The van der Waals surface area contributed by atoms with E-state index in [9.17, 15) is 0 Å². The van der Waals surface area contributed by atoms with Crippen LogP contribution in [0, 0.1) is 6.92 Å². The van der Waals surface area contributed by atoms with Gasteiger partial charge in [0, 0.05) is 7.05 Å². The van der Waals surface area contributed by atoms with E-state index in [-0.39, 0.29) is 0 Å². The average molecular weight is 210 g/mol. The molecule has 74 valence electrons. The molecule has 14 heavy (non-hydrogen) atoms. The van der Waals surface area contributed by atoms with Gasteiger partial charge in [-0.25, -0.2) is 0 Å². The summed E-state index contributed by atoms with van der Waals surface area (Å²) in [7, 11) is 1.91. The lowest BCUT2D eigenvalue weighted by Crippen LogP contribution is -2.05. The van der Waals surface area contributed by atoms with Crippen molar-refractivity contribution in [1.29, 1.82) is 0 Å². The fourth-order valence-electron chi connectivity index (χ4n) is 0.990. The Morgan fingerprint density at radius 2 is 2.29 bits per heavy atom. The molecule has 0 aliphatic carbocycles. The summed E-state index contributed by atoms with van der Waals surface area (Å²) in [5.74, 6) is 0.873. The Morgan fingerprint density at radius 3 is 2.86 bits per heavy atom. The van der Waals surface area contributed by atoms with Gasteiger partial charge in [0.05, 0.1) is 6.54 Å². The molecule has 0 saturated carbocycles. The van der Waals surface area contributed by atoms with Crippen LogP contribution in [0.4, 0.5) is 5.13 Å². The molecule has 2 rings (SSSR count). The van der Waals surface area contributed by atoms with Crippen molar-refractivity contribution < 1.29 is 0 Å². The normalized spacial score (nSPS) is 10.4. The first-order chi connectivity index (χ1) is 6.75. The molecule has 0 atom stereocenters. The van der Waals surface area contributed by atoms with Crippen LogP contribution in [0.3, 0.4) is 0 Å². The first kappa shape index (κ1) is 9.07. The Labute approximate surface area is 85.0 Å². The molecule has 0 amide bonds. The molecule has 1 N–H and O–H groups in total. The zero-order chi connectivity index (χ0) is 9.97. The van der Waals surface area contributed by atoms with Gasteiger partial charge >= 0.3 is 0 Å². The van der Waals surface area contributed by atoms with E-state index in [2.05, 4.69) is 25.7 Å². The molecule has 0 saturated heterocycles. The monoisotopic (exact) mass is 210 g/mol. The van der Waals surface area contributed by atoms with Crippen molar-refractivity contribution >= 4 is 16.5 Å². The second-order valence-electron chi connectivity index (χ2n) is 2.84. The van der Waals surface area contributed by atoms with E-state index < -0.39 is 0 Å². The maximum absolute atomic E-state index is 3.94. The van der Waals surface area contributed by atoms with Crippen molar-refractivity contribution in [2.45, 2.75) is 13.5 Å². The van der Waals surface area contributed by atoms with E-state index in [4.69, 9.17) is 0 Å². The molecule has 0 aliphatic rings. The summed E-state index contributed by atoms with van der Waals surface area (Å²) in [5.41, 5.74) is 0. The summed E-state index contributed by atoms with van der Waals surface area (Å²) in [6.45, 7) is 2.54. The highest BCUT2D eigenvalue weighted by Gasteiger charge is 2.02. The highest BCUT2D eigenvalue weighted by Crippen LogP contribution is 2.13. The standard InChI is InChI=1S/C7H10N6S/c1-5-10-12-7(14-5)8-3-6-11-9-4-13(6)2/h4H,3H2,1-2H3,(H,8,12). The average Bonchev–Trinajstić information content (AvgIpc) is 2.72. The molecule has 2 aromatic rings. The third-order valence-electron chi connectivity index (χ3n) is 1.73. The van der Waals surface area contributed by atoms with E-state index in [1.807, 2.05) is 18.5 Å². The quantitative estimate of drug-likeness (QED) is 0.802. The lowest BCUT2D eigenvalue weighted by molar-refractivity contribution is 0.810. The maximum Gasteiger partial charge on any atom is 0.206 e. The SMILES string of the molecule is Cc1nnc(NCc2nncn2C)s1. The molecule has 0 radical (unpaired) electrons. The molecule has 0 aliphatic heterocycles. The highest BCUT2D eigenvalue weighted by molar-refractivity contribution is 7.15. The van der Waals surface area contributed by atoms with Crippen LogP contribution in [0.25, 0.3) is 0 Å². The van der Waals surface area contributed by atoms with Gasteiger partial charge in [0.2, 0.25) is 5.13 Å². The molecule has 6 nitrogen and oxygen atoms in total. The van der Waals surface area contributed by atoms with Crippen LogP contribution in [0.15, 0.2) is 6.33 Å². The zero-order valence-corrected chi connectivity index (χ0v) is 8.75. The minimum Gasteiger partial charge on any atom is -0.353 e. The summed E-state index contributed by atoms with van der Waals surface area (Å²) < 4.78 is 1.86. The molecule has 7 heteroatoms. The van der Waals surface area contributed by atoms with Crippen molar-refractivity contribution in [2.24, 2.45) is 7.05 Å². The van der Waals surface area contributed by atoms with Gasteiger partial charge in [0.1, 0.15) is 11.3 Å². The number of aryl methyl sites for hydroxylation is 2. The van der Waals surface area contributed by atoms with Gasteiger partial charge < -0.3 is 9.88 Å². The van der Waals surface area contributed by atoms with Gasteiger partial charge in [0.25, 0.3) is 0 Å². The number of anilines is 1. The second kappa shape index (κ2) is 3.70. The van der Waals surface area contributed by atoms with Crippen molar-refractivity contribution in [3.63, 3.8) is 0 Å². The Kier molecular flexibility index (Phi) is 2.40. The highest BCUT2D eigenvalue weighted by atomic mass is 32.1. The topological polar surface area (TPSA) is 68.5 Å². The molecule has 0 spiro atoms. The Balaban J connectivity index is 1.98. The molecule has 0 fully saturated rings. The molecule has 0 bridgehead atoms. The van der Waals surface area contributed by atoms with Crippen LogP contribution < -0.4 is 5.32 Å². The first-order valence-corrected chi connectivity index (χ1v) is 4.94. The van der Waals surface area contributed by atoms with Crippen LogP contribution in [-0.4, -0.2) is 25.0 Å². The summed E-state index contributed by atoms with van der Waals surface area (Å²) >= 11 is 1.52. The Bertz CT molecular complexity index is 419. The minimum atomic E-state index is 0.616. The summed E-state index contributed by atoms with van der Waals surface area (Å²) in [6, 6.07) is 0. The van der Waals surface area contributed by atoms with E-state index in [0.29, 0.717) is 6.54 Å². The lowest BCUT2D eigenvalue weighted by Gasteiger charge is -1.99. The van der Waals surface area contributed by atoms with Crippen LogP contribution in [0.2, 0.25) is 0 Å². The molecule has 2 aromatic heterocycles. The van der Waals surface area contributed by atoms with Crippen LogP contribution in [-0.2, 0) is 13.6 Å². The number of hydrogen-bond donors (Lipinski definition) is 1. The van der Waals surface area contributed by atoms with Crippen LogP contribution in [0.5, 0.6) is 0 Å². The third-order valence-corrected chi connectivity index (χ3v) is 2.53. The third kappa shape index (κ3) is 1.87. The second-order valence-corrected chi connectivity index (χ2v) is 4.02. The Hall–Kier alpha value is -1.50. The first-order valence-electron chi connectivity index (χ1n) is 4.12. The molecule has 0 aromatic carbocycles. The predicted molar refractivity (Wildman–Crippen MR) is 53.0 cm³/mol. The van der Waals surface area contributed by atoms with E-state index in [0.717, 1.165) is 16.0 Å². The van der Waals surface area contributed by atoms with E-state index in [1.165, 1.54) is 11.3 Å². The number of hydrogen-bond acceptors (Lipinski definition) is 6. The van der Waals surface area contributed by atoms with Gasteiger partial charge in [-0.2, -0.15) is 0 Å². The van der Waals surface area contributed by atoms with Crippen molar-refractivity contribution in [3.8, 4) is 0 Å². The fraction of sp³-hybridized carbons (Fsp3) is 0.429.